The van der Waals surface area contributed by atoms with Gasteiger partial charge in [0.05, 0.1) is 33.3 Å². The van der Waals surface area contributed by atoms with Gasteiger partial charge < -0.3 is 11.1 Å². The van der Waals surface area contributed by atoms with Gasteiger partial charge in [-0.15, -0.1) is 0 Å². The minimum atomic E-state index is -4.56. The summed E-state index contributed by atoms with van der Waals surface area (Å²) in [5.41, 5.74) is 4.99. The van der Waals surface area contributed by atoms with E-state index in [4.69, 9.17) is 28.9 Å². The van der Waals surface area contributed by atoms with Gasteiger partial charge in [0.2, 0.25) is 0 Å². The zero-order chi connectivity index (χ0) is 15.8. The number of pyridine rings is 1. The lowest BCUT2D eigenvalue weighted by atomic mass is 10.2. The van der Waals surface area contributed by atoms with Crippen LogP contribution in [0, 0.1) is 0 Å². The molecule has 2 aromatic rings. The van der Waals surface area contributed by atoms with Crippen molar-refractivity contribution < 1.29 is 13.2 Å². The maximum Gasteiger partial charge on any atom is 0.433 e. The van der Waals surface area contributed by atoms with Crippen LogP contribution in [0.2, 0.25) is 10.0 Å². The van der Waals surface area contributed by atoms with Crippen LogP contribution in [-0.4, -0.2) is 4.98 Å². The van der Waals surface area contributed by atoms with Crippen molar-refractivity contribution in [1.29, 1.82) is 0 Å². The summed E-state index contributed by atoms with van der Waals surface area (Å²) in [6, 6.07) is 3.98. The monoisotopic (exact) mass is 399 g/mol. The predicted octanol–water partition coefficient (Wildman–Crippen LogP) is 5.50. The number of hydrogen-bond donors (Lipinski definition) is 2. The van der Waals surface area contributed by atoms with E-state index in [1.54, 1.807) is 12.1 Å². The topological polar surface area (TPSA) is 50.9 Å². The van der Waals surface area contributed by atoms with Gasteiger partial charge in [-0.05, 0) is 34.1 Å². The molecule has 0 aliphatic rings. The fourth-order valence-corrected chi connectivity index (χ4v) is 2.32. The maximum atomic E-state index is 12.7. The van der Waals surface area contributed by atoms with Gasteiger partial charge in [-0.3, -0.25) is 0 Å². The van der Waals surface area contributed by atoms with Crippen molar-refractivity contribution in [3.05, 3.63) is 44.6 Å². The van der Waals surface area contributed by atoms with E-state index in [1.165, 1.54) is 0 Å². The molecule has 0 aliphatic carbocycles. The Hall–Kier alpha value is -1.18. The van der Waals surface area contributed by atoms with E-state index in [0.717, 1.165) is 12.3 Å². The SMILES string of the molecule is Nc1cnc(C(F)(F)F)cc1Nc1ccc(Br)c(Cl)c1Cl. The molecule has 0 aliphatic heterocycles. The van der Waals surface area contributed by atoms with Gasteiger partial charge in [0, 0.05) is 4.47 Å². The number of hydrogen-bond acceptors (Lipinski definition) is 3. The average Bonchev–Trinajstić information content (AvgIpc) is 2.40. The molecule has 112 valence electrons. The van der Waals surface area contributed by atoms with Crippen LogP contribution in [0.1, 0.15) is 5.69 Å². The quantitative estimate of drug-likeness (QED) is 0.654. The third kappa shape index (κ3) is 3.53. The molecule has 0 amide bonds. The Kier molecular flexibility index (Phi) is 4.55. The maximum absolute atomic E-state index is 12.7. The highest BCUT2D eigenvalue weighted by Crippen LogP contribution is 2.38. The number of nitrogens with zero attached hydrogens (tertiary/aromatic N) is 1. The zero-order valence-corrected chi connectivity index (χ0v) is 13.2. The van der Waals surface area contributed by atoms with Crippen LogP contribution in [0.15, 0.2) is 28.9 Å². The van der Waals surface area contributed by atoms with Gasteiger partial charge in [0.1, 0.15) is 5.69 Å². The summed E-state index contributed by atoms with van der Waals surface area (Å²) in [5, 5.41) is 3.12. The summed E-state index contributed by atoms with van der Waals surface area (Å²) in [6.45, 7) is 0. The lowest BCUT2D eigenvalue weighted by Gasteiger charge is -2.14. The first-order valence-corrected chi connectivity index (χ1v) is 6.98. The predicted molar refractivity (Wildman–Crippen MR) is 81.1 cm³/mol. The molecule has 21 heavy (non-hydrogen) atoms. The first-order valence-electron chi connectivity index (χ1n) is 5.43. The molecule has 0 saturated heterocycles. The van der Waals surface area contributed by atoms with Gasteiger partial charge in [-0.2, -0.15) is 13.2 Å². The van der Waals surface area contributed by atoms with Gasteiger partial charge in [-0.1, -0.05) is 23.2 Å². The zero-order valence-electron chi connectivity index (χ0n) is 10.1. The molecule has 1 heterocycles. The molecule has 0 saturated carbocycles. The summed E-state index contributed by atoms with van der Waals surface area (Å²) < 4.78 is 38.5. The average molecular weight is 401 g/mol. The first-order chi connectivity index (χ1) is 9.70. The van der Waals surface area contributed by atoms with Crippen molar-refractivity contribution in [2.45, 2.75) is 6.18 Å². The fourth-order valence-electron chi connectivity index (χ4n) is 1.50. The molecular formula is C12H7BrCl2F3N3. The molecule has 3 N–H and O–H groups in total. The largest absolute Gasteiger partial charge is 0.433 e. The summed E-state index contributed by atoms with van der Waals surface area (Å²) >= 11 is 15.2. The number of rotatable bonds is 2. The normalized spacial score (nSPS) is 11.5. The standard InChI is InChI=1S/C12H7BrCl2F3N3/c13-5-1-2-7(11(15)10(5)14)21-8-3-9(12(16,17)18)20-4-6(8)19/h1-4H,19H2,(H,20,21). The van der Waals surface area contributed by atoms with E-state index in [2.05, 4.69) is 26.2 Å². The third-order valence-corrected chi connectivity index (χ3v) is 4.30. The Morgan fingerprint density at radius 1 is 1.14 bits per heavy atom. The number of nitrogens with two attached hydrogens (primary N) is 1. The number of aromatic nitrogens is 1. The Bertz CT molecular complexity index is 692. The molecule has 0 spiro atoms. The molecule has 0 radical (unpaired) electrons. The van der Waals surface area contributed by atoms with Crippen LogP contribution in [0.5, 0.6) is 0 Å². The fraction of sp³-hybridized carbons (Fsp3) is 0.0833. The van der Waals surface area contributed by atoms with E-state index >= 15 is 0 Å². The number of nitrogen functional groups attached to an aromatic ring is 1. The molecule has 0 atom stereocenters. The van der Waals surface area contributed by atoms with Gasteiger partial charge in [-0.25, -0.2) is 4.98 Å². The Morgan fingerprint density at radius 2 is 1.81 bits per heavy atom. The van der Waals surface area contributed by atoms with Crippen molar-refractivity contribution in [2.75, 3.05) is 11.1 Å². The Balaban J connectivity index is 2.42. The molecule has 0 bridgehead atoms. The Morgan fingerprint density at radius 3 is 2.43 bits per heavy atom. The second-order valence-electron chi connectivity index (χ2n) is 4.00. The van der Waals surface area contributed by atoms with E-state index < -0.39 is 11.9 Å². The lowest BCUT2D eigenvalue weighted by Crippen LogP contribution is -2.09. The minimum Gasteiger partial charge on any atom is -0.396 e. The van der Waals surface area contributed by atoms with Crippen LogP contribution in [0.3, 0.4) is 0 Å². The van der Waals surface area contributed by atoms with Crippen molar-refractivity contribution >= 4 is 56.2 Å². The number of benzene rings is 1. The molecule has 0 unspecified atom stereocenters. The molecule has 3 nitrogen and oxygen atoms in total. The number of alkyl halides is 3. The van der Waals surface area contributed by atoms with Crippen LogP contribution in [0.25, 0.3) is 0 Å². The molecule has 1 aromatic carbocycles. The lowest BCUT2D eigenvalue weighted by molar-refractivity contribution is -0.141. The smallest absolute Gasteiger partial charge is 0.396 e. The number of nitrogens with one attached hydrogen (secondary N) is 1. The van der Waals surface area contributed by atoms with Crippen LogP contribution in [-0.2, 0) is 6.18 Å². The Labute approximate surface area is 136 Å². The van der Waals surface area contributed by atoms with Crippen molar-refractivity contribution in [3.8, 4) is 0 Å². The van der Waals surface area contributed by atoms with Crippen LogP contribution >= 0.6 is 39.1 Å². The van der Waals surface area contributed by atoms with Gasteiger partial charge >= 0.3 is 6.18 Å². The molecule has 9 heteroatoms. The van der Waals surface area contributed by atoms with Crippen molar-refractivity contribution in [3.63, 3.8) is 0 Å². The van der Waals surface area contributed by atoms with E-state index in [-0.39, 0.29) is 21.4 Å². The first kappa shape index (κ1) is 16.2. The molecule has 2 rings (SSSR count). The van der Waals surface area contributed by atoms with Gasteiger partial charge in [0.25, 0.3) is 0 Å². The third-order valence-electron chi connectivity index (χ3n) is 2.53. The van der Waals surface area contributed by atoms with Crippen LogP contribution in [0.4, 0.5) is 30.2 Å². The number of anilines is 3. The molecule has 0 fully saturated rings. The van der Waals surface area contributed by atoms with Crippen molar-refractivity contribution in [2.24, 2.45) is 0 Å². The second kappa shape index (κ2) is 5.90. The van der Waals surface area contributed by atoms with E-state index in [0.29, 0.717) is 10.2 Å². The van der Waals surface area contributed by atoms with Crippen molar-refractivity contribution in [1.82, 2.24) is 4.98 Å². The minimum absolute atomic E-state index is 0.0395. The van der Waals surface area contributed by atoms with Crippen LogP contribution < -0.4 is 11.1 Å². The highest BCUT2D eigenvalue weighted by molar-refractivity contribution is 9.10. The summed E-state index contributed by atoms with van der Waals surface area (Å²) in [5.74, 6) is 0. The number of halogens is 6. The molecule has 1 aromatic heterocycles. The highest BCUT2D eigenvalue weighted by atomic mass is 79.9. The van der Waals surface area contributed by atoms with E-state index in [9.17, 15) is 13.2 Å². The second-order valence-corrected chi connectivity index (χ2v) is 5.61. The molecular weight excluding hydrogens is 394 g/mol. The van der Waals surface area contributed by atoms with E-state index in [1.807, 2.05) is 0 Å². The highest BCUT2D eigenvalue weighted by Gasteiger charge is 2.33. The summed E-state index contributed by atoms with van der Waals surface area (Å²) in [4.78, 5) is 3.25. The summed E-state index contributed by atoms with van der Waals surface area (Å²) in [7, 11) is 0. The summed E-state index contributed by atoms with van der Waals surface area (Å²) in [6.07, 6.45) is -3.63. The van der Waals surface area contributed by atoms with Gasteiger partial charge in [0.15, 0.2) is 0 Å².